The Bertz CT molecular complexity index is 565. The number of carbonyl (C=O) groups excluding carboxylic acids is 1. The summed E-state index contributed by atoms with van der Waals surface area (Å²) in [5, 5.41) is 9.06. The number of nitrogens with two attached hydrogens (primary N) is 1. The van der Waals surface area contributed by atoms with Crippen LogP contribution in [0.15, 0.2) is 0 Å². The standard InChI is InChI=1S/C11H21N5O3S/c1-4-14-20(18,19)6-5-13-11(17)10-8(12)9(7(2)3)15-16-10/h7,14H,4-6,12H2,1-3H3,(H,13,17)(H,15,16). The Morgan fingerprint density at radius 2 is 2.10 bits per heavy atom. The number of hydrogen-bond donors (Lipinski definition) is 4. The molecule has 8 nitrogen and oxygen atoms in total. The smallest absolute Gasteiger partial charge is 0.273 e. The maximum atomic E-state index is 11.9. The molecule has 0 unspecified atom stereocenters. The highest BCUT2D eigenvalue weighted by atomic mass is 32.2. The van der Waals surface area contributed by atoms with Crippen molar-refractivity contribution in [3.8, 4) is 0 Å². The third-order valence-corrected chi connectivity index (χ3v) is 4.12. The molecule has 0 fully saturated rings. The normalized spacial score (nSPS) is 11.8. The molecule has 0 bridgehead atoms. The van der Waals surface area contributed by atoms with Crippen molar-refractivity contribution in [2.24, 2.45) is 0 Å². The molecule has 1 aromatic rings. The molecular formula is C11H21N5O3S. The van der Waals surface area contributed by atoms with Crippen LogP contribution in [0.4, 0.5) is 5.69 Å². The highest BCUT2D eigenvalue weighted by Crippen LogP contribution is 2.21. The van der Waals surface area contributed by atoms with Crippen LogP contribution >= 0.6 is 0 Å². The van der Waals surface area contributed by atoms with Crippen LogP contribution in [0.25, 0.3) is 0 Å². The van der Waals surface area contributed by atoms with Gasteiger partial charge in [0.2, 0.25) is 10.0 Å². The first-order chi connectivity index (χ1) is 9.28. The maximum absolute atomic E-state index is 11.9. The zero-order valence-electron chi connectivity index (χ0n) is 11.9. The van der Waals surface area contributed by atoms with Gasteiger partial charge < -0.3 is 11.1 Å². The van der Waals surface area contributed by atoms with Gasteiger partial charge in [-0.15, -0.1) is 0 Å². The fourth-order valence-electron chi connectivity index (χ4n) is 1.65. The molecule has 9 heteroatoms. The predicted octanol–water partition coefficient (Wildman–Crippen LogP) is -0.216. The first-order valence-electron chi connectivity index (χ1n) is 6.37. The summed E-state index contributed by atoms with van der Waals surface area (Å²) in [4.78, 5) is 11.9. The van der Waals surface area contributed by atoms with Gasteiger partial charge in [0.15, 0.2) is 5.69 Å². The van der Waals surface area contributed by atoms with Crippen molar-refractivity contribution in [2.75, 3.05) is 24.6 Å². The zero-order valence-corrected chi connectivity index (χ0v) is 12.7. The van der Waals surface area contributed by atoms with Gasteiger partial charge in [0.05, 0.1) is 17.1 Å². The summed E-state index contributed by atoms with van der Waals surface area (Å²) in [7, 11) is -3.35. The van der Waals surface area contributed by atoms with Crippen LogP contribution in [0.1, 0.15) is 42.9 Å². The average Bonchev–Trinajstić information content (AvgIpc) is 2.70. The fourth-order valence-corrected chi connectivity index (χ4v) is 2.61. The van der Waals surface area contributed by atoms with E-state index < -0.39 is 15.9 Å². The van der Waals surface area contributed by atoms with E-state index >= 15 is 0 Å². The molecule has 0 aromatic carbocycles. The topological polar surface area (TPSA) is 130 Å². The van der Waals surface area contributed by atoms with E-state index in [1.165, 1.54) is 0 Å². The summed E-state index contributed by atoms with van der Waals surface area (Å²) < 4.78 is 25.1. The van der Waals surface area contributed by atoms with E-state index in [0.29, 0.717) is 17.9 Å². The number of anilines is 1. The van der Waals surface area contributed by atoms with Gasteiger partial charge in [-0.25, -0.2) is 13.1 Å². The Hall–Kier alpha value is -1.61. The molecule has 5 N–H and O–H groups in total. The molecule has 0 aliphatic heterocycles. The Labute approximate surface area is 118 Å². The van der Waals surface area contributed by atoms with Crippen molar-refractivity contribution in [1.82, 2.24) is 20.2 Å². The number of nitrogen functional groups attached to an aromatic ring is 1. The summed E-state index contributed by atoms with van der Waals surface area (Å²) in [6.07, 6.45) is 0. The molecule has 0 atom stereocenters. The minimum atomic E-state index is -3.35. The van der Waals surface area contributed by atoms with E-state index in [2.05, 4.69) is 20.2 Å². The summed E-state index contributed by atoms with van der Waals surface area (Å²) >= 11 is 0. The van der Waals surface area contributed by atoms with Gasteiger partial charge in [-0.2, -0.15) is 5.10 Å². The lowest BCUT2D eigenvalue weighted by Crippen LogP contribution is -2.34. The third-order valence-electron chi connectivity index (χ3n) is 2.65. The van der Waals surface area contributed by atoms with Gasteiger partial charge in [-0.1, -0.05) is 20.8 Å². The van der Waals surface area contributed by atoms with E-state index in [1.807, 2.05) is 13.8 Å². The lowest BCUT2D eigenvalue weighted by molar-refractivity contribution is 0.0952. The van der Waals surface area contributed by atoms with Gasteiger partial charge in [-0.3, -0.25) is 9.89 Å². The van der Waals surface area contributed by atoms with Crippen LogP contribution in [-0.4, -0.2) is 43.4 Å². The molecule has 114 valence electrons. The van der Waals surface area contributed by atoms with Gasteiger partial charge in [0, 0.05) is 13.1 Å². The molecule has 0 aliphatic carbocycles. The molecule has 0 aliphatic rings. The molecule has 0 radical (unpaired) electrons. The van der Waals surface area contributed by atoms with E-state index in [1.54, 1.807) is 6.92 Å². The van der Waals surface area contributed by atoms with Crippen LogP contribution in [0.5, 0.6) is 0 Å². The second kappa shape index (κ2) is 6.71. The second-order valence-corrected chi connectivity index (χ2v) is 6.55. The predicted molar refractivity (Wildman–Crippen MR) is 76.9 cm³/mol. The van der Waals surface area contributed by atoms with Crippen LogP contribution in [-0.2, 0) is 10.0 Å². The lowest BCUT2D eigenvalue weighted by atomic mass is 10.1. The Morgan fingerprint density at radius 3 is 2.60 bits per heavy atom. The van der Waals surface area contributed by atoms with Gasteiger partial charge in [0.1, 0.15) is 0 Å². The Balaban J connectivity index is 2.60. The number of nitrogens with one attached hydrogen (secondary N) is 3. The molecule has 20 heavy (non-hydrogen) atoms. The number of carbonyl (C=O) groups is 1. The molecular weight excluding hydrogens is 282 g/mol. The van der Waals surface area contributed by atoms with Gasteiger partial charge >= 0.3 is 0 Å². The van der Waals surface area contributed by atoms with Crippen LogP contribution in [0.2, 0.25) is 0 Å². The van der Waals surface area contributed by atoms with Crippen LogP contribution in [0, 0.1) is 0 Å². The quantitative estimate of drug-likeness (QED) is 0.553. The SMILES string of the molecule is CCNS(=O)(=O)CCNC(=O)c1n[nH]c(C(C)C)c1N. The molecule has 0 saturated heterocycles. The molecule has 1 amide bonds. The van der Waals surface area contributed by atoms with Crippen molar-refractivity contribution < 1.29 is 13.2 Å². The number of amides is 1. The highest BCUT2D eigenvalue weighted by molar-refractivity contribution is 7.89. The number of nitrogens with zero attached hydrogens (tertiary/aromatic N) is 1. The summed E-state index contributed by atoms with van der Waals surface area (Å²) in [6, 6.07) is 0. The molecule has 1 heterocycles. The first-order valence-corrected chi connectivity index (χ1v) is 8.03. The van der Waals surface area contributed by atoms with Gasteiger partial charge in [0.25, 0.3) is 5.91 Å². The largest absolute Gasteiger partial charge is 0.395 e. The first kappa shape index (κ1) is 16.4. The number of aromatic amines is 1. The summed E-state index contributed by atoms with van der Waals surface area (Å²) in [5.41, 5.74) is 6.91. The Morgan fingerprint density at radius 1 is 1.45 bits per heavy atom. The van der Waals surface area contributed by atoms with Crippen molar-refractivity contribution >= 4 is 21.6 Å². The zero-order chi connectivity index (χ0) is 15.3. The number of H-pyrrole nitrogens is 1. The number of rotatable bonds is 7. The van der Waals surface area contributed by atoms with E-state index in [-0.39, 0.29) is 23.9 Å². The fraction of sp³-hybridized carbons (Fsp3) is 0.636. The third kappa shape index (κ3) is 4.20. The minimum absolute atomic E-state index is 0.00250. The van der Waals surface area contributed by atoms with Crippen LogP contribution in [0.3, 0.4) is 0 Å². The van der Waals surface area contributed by atoms with Crippen molar-refractivity contribution in [1.29, 1.82) is 0 Å². The van der Waals surface area contributed by atoms with Gasteiger partial charge in [-0.05, 0) is 5.92 Å². The summed E-state index contributed by atoms with van der Waals surface area (Å²) in [6.45, 7) is 5.86. The second-order valence-electron chi connectivity index (χ2n) is 4.63. The average molecular weight is 303 g/mol. The van der Waals surface area contributed by atoms with Crippen molar-refractivity contribution in [3.05, 3.63) is 11.4 Å². The summed E-state index contributed by atoms with van der Waals surface area (Å²) in [5.74, 6) is -0.552. The molecule has 0 spiro atoms. The van der Waals surface area contributed by atoms with Crippen molar-refractivity contribution in [3.63, 3.8) is 0 Å². The van der Waals surface area contributed by atoms with Crippen molar-refractivity contribution in [2.45, 2.75) is 26.7 Å². The van der Waals surface area contributed by atoms with E-state index in [4.69, 9.17) is 5.73 Å². The van der Waals surface area contributed by atoms with E-state index in [9.17, 15) is 13.2 Å². The molecule has 0 saturated carbocycles. The number of aromatic nitrogens is 2. The minimum Gasteiger partial charge on any atom is -0.395 e. The lowest BCUT2D eigenvalue weighted by Gasteiger charge is -2.06. The van der Waals surface area contributed by atoms with E-state index in [0.717, 1.165) is 0 Å². The maximum Gasteiger partial charge on any atom is 0.273 e. The molecule has 1 aromatic heterocycles. The molecule has 1 rings (SSSR count). The number of sulfonamides is 1. The monoisotopic (exact) mass is 303 g/mol. The Kier molecular flexibility index (Phi) is 5.52. The highest BCUT2D eigenvalue weighted by Gasteiger charge is 2.19. The van der Waals surface area contributed by atoms with Crippen LogP contribution < -0.4 is 15.8 Å². The number of hydrogen-bond acceptors (Lipinski definition) is 5.